The number of alkyl halides is 1. The third-order valence-electron chi connectivity index (χ3n) is 1.86. The van der Waals surface area contributed by atoms with Gasteiger partial charge in [0.1, 0.15) is 5.82 Å². The predicted molar refractivity (Wildman–Crippen MR) is 59.4 cm³/mol. The molecule has 1 aromatic heterocycles. The van der Waals surface area contributed by atoms with E-state index in [9.17, 15) is 4.39 Å². The lowest BCUT2D eigenvalue weighted by Crippen LogP contribution is -1.80. The summed E-state index contributed by atoms with van der Waals surface area (Å²) >= 11 is 10.7. The largest absolute Gasteiger partial charge is 0.205 e. The van der Waals surface area contributed by atoms with Gasteiger partial charge in [-0.15, -0.1) is 11.3 Å². The third kappa shape index (κ3) is 1.49. The average Bonchev–Trinajstić information content (AvgIpc) is 2.49. The van der Waals surface area contributed by atoms with Gasteiger partial charge in [-0.05, 0) is 11.6 Å². The van der Waals surface area contributed by atoms with Crippen LogP contribution >= 0.6 is 38.9 Å². The molecule has 13 heavy (non-hydrogen) atoms. The molecule has 0 bridgehead atoms. The van der Waals surface area contributed by atoms with E-state index in [1.807, 2.05) is 12.1 Å². The summed E-state index contributed by atoms with van der Waals surface area (Å²) < 4.78 is 14.1. The summed E-state index contributed by atoms with van der Waals surface area (Å²) in [6.07, 6.45) is 0. The van der Waals surface area contributed by atoms with Gasteiger partial charge in [0.2, 0.25) is 0 Å². The van der Waals surface area contributed by atoms with E-state index in [0.717, 1.165) is 10.3 Å². The van der Waals surface area contributed by atoms with Gasteiger partial charge in [-0.2, -0.15) is 0 Å². The van der Waals surface area contributed by atoms with Crippen LogP contribution in [0.1, 0.15) is 5.56 Å². The van der Waals surface area contributed by atoms with Crippen molar-refractivity contribution in [3.63, 3.8) is 0 Å². The molecule has 1 heterocycles. The van der Waals surface area contributed by atoms with Crippen LogP contribution in [0, 0.1) is 5.82 Å². The minimum Gasteiger partial charge on any atom is -0.205 e. The number of hydrogen-bond acceptors (Lipinski definition) is 1. The molecule has 0 saturated carbocycles. The Labute approximate surface area is 92.5 Å². The maximum atomic E-state index is 13.2. The van der Waals surface area contributed by atoms with Crippen molar-refractivity contribution in [1.29, 1.82) is 0 Å². The maximum Gasteiger partial charge on any atom is 0.143 e. The molecule has 4 heteroatoms. The molecule has 0 aliphatic heterocycles. The molecule has 0 N–H and O–H groups in total. The van der Waals surface area contributed by atoms with Crippen LogP contribution in [-0.4, -0.2) is 0 Å². The van der Waals surface area contributed by atoms with E-state index in [4.69, 9.17) is 11.6 Å². The third-order valence-corrected chi connectivity index (χ3v) is 3.81. The van der Waals surface area contributed by atoms with Crippen molar-refractivity contribution < 1.29 is 4.39 Å². The topological polar surface area (TPSA) is 0 Å². The molecule has 0 saturated heterocycles. The first-order valence-corrected chi connectivity index (χ1v) is 6.02. The van der Waals surface area contributed by atoms with Gasteiger partial charge in [-0.1, -0.05) is 33.6 Å². The SMILES string of the molecule is Fc1csc2ccc(CBr)c(Cl)c12. The summed E-state index contributed by atoms with van der Waals surface area (Å²) in [5.41, 5.74) is 0.923. The molecule has 1 aromatic carbocycles. The number of thiophene rings is 1. The summed E-state index contributed by atoms with van der Waals surface area (Å²) in [6, 6.07) is 3.81. The van der Waals surface area contributed by atoms with Gasteiger partial charge in [0.05, 0.1) is 5.02 Å². The molecule has 2 aromatic rings. The molecule has 68 valence electrons. The van der Waals surface area contributed by atoms with E-state index in [2.05, 4.69) is 15.9 Å². The van der Waals surface area contributed by atoms with Crippen molar-refractivity contribution in [2.24, 2.45) is 0 Å². The second-order valence-electron chi connectivity index (χ2n) is 2.63. The Morgan fingerprint density at radius 2 is 2.23 bits per heavy atom. The first kappa shape index (κ1) is 9.44. The first-order chi connectivity index (χ1) is 6.24. The summed E-state index contributed by atoms with van der Waals surface area (Å²) in [5, 5.41) is 3.20. The number of benzene rings is 1. The van der Waals surface area contributed by atoms with Crippen LogP contribution in [0.25, 0.3) is 10.1 Å². The quantitative estimate of drug-likeness (QED) is 0.670. The molecule has 0 aliphatic rings. The second-order valence-corrected chi connectivity index (χ2v) is 4.48. The highest BCUT2D eigenvalue weighted by Gasteiger charge is 2.10. The Hall–Kier alpha value is -0.120. The van der Waals surface area contributed by atoms with Gasteiger partial charge in [0.15, 0.2) is 0 Å². The summed E-state index contributed by atoms with van der Waals surface area (Å²) in [4.78, 5) is 0. The predicted octanol–water partition coefficient (Wildman–Crippen LogP) is 4.59. The first-order valence-electron chi connectivity index (χ1n) is 3.64. The van der Waals surface area contributed by atoms with Gasteiger partial charge < -0.3 is 0 Å². The molecular formula is C9H5BrClFS. The summed E-state index contributed by atoms with van der Waals surface area (Å²) in [6.45, 7) is 0. The van der Waals surface area contributed by atoms with E-state index in [0.29, 0.717) is 15.7 Å². The fraction of sp³-hybridized carbons (Fsp3) is 0.111. The Bertz CT molecular complexity index is 452. The van der Waals surface area contributed by atoms with Crippen LogP contribution < -0.4 is 0 Å². The molecule has 0 radical (unpaired) electrons. The van der Waals surface area contributed by atoms with Crippen molar-refractivity contribution in [2.75, 3.05) is 0 Å². The van der Waals surface area contributed by atoms with Gasteiger partial charge in [0.25, 0.3) is 0 Å². The van der Waals surface area contributed by atoms with Gasteiger partial charge >= 0.3 is 0 Å². The van der Waals surface area contributed by atoms with Gasteiger partial charge in [-0.25, -0.2) is 4.39 Å². The normalized spacial score (nSPS) is 11.0. The highest BCUT2D eigenvalue weighted by Crippen LogP contribution is 2.34. The van der Waals surface area contributed by atoms with Crippen LogP contribution in [0.4, 0.5) is 4.39 Å². The molecule has 0 spiro atoms. The summed E-state index contributed by atoms with van der Waals surface area (Å²) in [7, 11) is 0. The van der Waals surface area contributed by atoms with Crippen molar-refractivity contribution in [2.45, 2.75) is 5.33 Å². The fourth-order valence-corrected chi connectivity index (χ4v) is 3.02. The highest BCUT2D eigenvalue weighted by atomic mass is 79.9. The standard InChI is InChI=1S/C9H5BrClFS/c10-3-5-1-2-7-8(9(5)11)6(12)4-13-7/h1-2,4H,3H2. The Morgan fingerprint density at radius 3 is 2.92 bits per heavy atom. The Morgan fingerprint density at radius 1 is 1.46 bits per heavy atom. The van der Waals surface area contributed by atoms with Gasteiger partial charge in [0, 0.05) is 20.8 Å². The lowest BCUT2D eigenvalue weighted by atomic mass is 10.2. The van der Waals surface area contributed by atoms with Crippen LogP contribution in [0.15, 0.2) is 17.5 Å². The Kier molecular flexibility index (Phi) is 2.58. The smallest absolute Gasteiger partial charge is 0.143 e. The molecule has 0 atom stereocenters. The van der Waals surface area contributed by atoms with Crippen molar-refractivity contribution in [1.82, 2.24) is 0 Å². The number of fused-ring (bicyclic) bond motifs is 1. The van der Waals surface area contributed by atoms with Crippen LogP contribution in [0.2, 0.25) is 5.02 Å². The zero-order valence-corrected chi connectivity index (χ0v) is 9.64. The number of rotatable bonds is 1. The fourth-order valence-electron chi connectivity index (χ4n) is 1.20. The van der Waals surface area contributed by atoms with Crippen molar-refractivity contribution >= 4 is 49.0 Å². The van der Waals surface area contributed by atoms with Crippen LogP contribution in [0.3, 0.4) is 0 Å². The maximum absolute atomic E-state index is 13.2. The highest BCUT2D eigenvalue weighted by molar-refractivity contribution is 9.08. The van der Waals surface area contributed by atoms with Crippen LogP contribution in [-0.2, 0) is 5.33 Å². The van der Waals surface area contributed by atoms with E-state index in [1.54, 1.807) is 0 Å². The van der Waals surface area contributed by atoms with E-state index in [-0.39, 0.29) is 5.82 Å². The minimum absolute atomic E-state index is 0.229. The van der Waals surface area contributed by atoms with E-state index >= 15 is 0 Å². The molecule has 2 rings (SSSR count). The average molecular weight is 280 g/mol. The number of hydrogen-bond donors (Lipinski definition) is 0. The van der Waals surface area contributed by atoms with Crippen molar-refractivity contribution in [3.8, 4) is 0 Å². The van der Waals surface area contributed by atoms with Crippen molar-refractivity contribution in [3.05, 3.63) is 33.9 Å². The molecule has 0 aliphatic carbocycles. The lowest BCUT2D eigenvalue weighted by molar-refractivity contribution is 0.644. The van der Waals surface area contributed by atoms with Crippen LogP contribution in [0.5, 0.6) is 0 Å². The number of halogens is 3. The molecule has 0 nitrogen and oxygen atoms in total. The monoisotopic (exact) mass is 278 g/mol. The molecule has 0 fully saturated rings. The molecular weight excluding hydrogens is 275 g/mol. The molecule has 0 unspecified atom stereocenters. The summed E-state index contributed by atoms with van der Waals surface area (Å²) in [5.74, 6) is -0.229. The zero-order chi connectivity index (χ0) is 9.42. The zero-order valence-electron chi connectivity index (χ0n) is 6.48. The Balaban J connectivity index is 2.83. The van der Waals surface area contributed by atoms with E-state index in [1.165, 1.54) is 16.7 Å². The minimum atomic E-state index is -0.229. The molecule has 0 amide bonds. The van der Waals surface area contributed by atoms with Gasteiger partial charge in [-0.3, -0.25) is 0 Å². The second kappa shape index (κ2) is 3.56. The lowest BCUT2D eigenvalue weighted by Gasteiger charge is -2.00. The van der Waals surface area contributed by atoms with E-state index < -0.39 is 0 Å².